The second-order valence-electron chi connectivity index (χ2n) is 7.31. The summed E-state index contributed by atoms with van der Waals surface area (Å²) in [5.41, 5.74) is 1.36. The molecule has 1 saturated heterocycles. The van der Waals surface area contributed by atoms with Crippen LogP contribution in [0, 0.1) is 6.92 Å². The fraction of sp³-hybridized carbons (Fsp3) is 0.318. The van der Waals surface area contributed by atoms with Gasteiger partial charge in [0.05, 0.1) is 17.7 Å². The summed E-state index contributed by atoms with van der Waals surface area (Å²) < 4.78 is 5.56. The van der Waals surface area contributed by atoms with Crippen molar-refractivity contribution in [3.8, 4) is 5.75 Å². The van der Waals surface area contributed by atoms with Gasteiger partial charge >= 0.3 is 0 Å². The molecule has 7 heteroatoms. The molecule has 2 N–H and O–H groups in total. The van der Waals surface area contributed by atoms with E-state index in [0.717, 1.165) is 23.3 Å². The Morgan fingerprint density at radius 2 is 2.07 bits per heavy atom. The van der Waals surface area contributed by atoms with Crippen molar-refractivity contribution < 1.29 is 14.6 Å². The van der Waals surface area contributed by atoms with Gasteiger partial charge in [-0.1, -0.05) is 24.3 Å². The highest BCUT2D eigenvalue weighted by molar-refractivity contribution is 6.09. The third-order valence-electron chi connectivity index (χ3n) is 5.42. The Morgan fingerprint density at radius 3 is 2.83 bits per heavy atom. The van der Waals surface area contributed by atoms with Crippen LogP contribution in [0.25, 0.3) is 10.8 Å². The summed E-state index contributed by atoms with van der Waals surface area (Å²) in [6, 6.07) is 12.7. The maximum absolute atomic E-state index is 12.9. The maximum Gasteiger partial charge on any atom is 0.252 e. The van der Waals surface area contributed by atoms with Gasteiger partial charge in [0.2, 0.25) is 0 Å². The third-order valence-corrected chi connectivity index (χ3v) is 5.42. The van der Waals surface area contributed by atoms with Crippen LogP contribution in [0.2, 0.25) is 0 Å². The first-order valence-corrected chi connectivity index (χ1v) is 9.64. The smallest absolute Gasteiger partial charge is 0.252 e. The van der Waals surface area contributed by atoms with Crippen molar-refractivity contribution in [1.82, 2.24) is 15.3 Å². The SMILES string of the molecule is CO[C@H]1C[C@@H](CNC(=O)c2cccc3cccc(O)c23)N(c2cc(C)ncn2)C1. The molecule has 29 heavy (non-hydrogen) atoms. The van der Waals surface area contributed by atoms with Crippen molar-refractivity contribution >= 4 is 22.5 Å². The van der Waals surface area contributed by atoms with Gasteiger partial charge in [0.25, 0.3) is 5.91 Å². The van der Waals surface area contributed by atoms with Crippen molar-refractivity contribution in [2.24, 2.45) is 0 Å². The number of rotatable bonds is 5. The second kappa shape index (κ2) is 8.05. The predicted molar refractivity (Wildman–Crippen MR) is 111 cm³/mol. The number of aromatic nitrogens is 2. The maximum atomic E-state index is 12.9. The summed E-state index contributed by atoms with van der Waals surface area (Å²) in [5.74, 6) is 0.725. The minimum atomic E-state index is -0.211. The van der Waals surface area contributed by atoms with E-state index < -0.39 is 0 Å². The Kier molecular flexibility index (Phi) is 5.31. The summed E-state index contributed by atoms with van der Waals surface area (Å²) >= 11 is 0. The molecule has 1 fully saturated rings. The minimum absolute atomic E-state index is 0.0572. The molecule has 150 valence electrons. The minimum Gasteiger partial charge on any atom is -0.507 e. The summed E-state index contributed by atoms with van der Waals surface area (Å²) in [4.78, 5) is 23.6. The average molecular weight is 392 g/mol. The van der Waals surface area contributed by atoms with Gasteiger partial charge in [0.1, 0.15) is 17.9 Å². The molecule has 3 aromatic rings. The Hall–Kier alpha value is -3.19. The van der Waals surface area contributed by atoms with E-state index in [-0.39, 0.29) is 23.8 Å². The summed E-state index contributed by atoms with van der Waals surface area (Å²) in [6.07, 6.45) is 2.42. The Labute approximate surface area is 169 Å². The number of phenols is 1. The summed E-state index contributed by atoms with van der Waals surface area (Å²) in [6.45, 7) is 3.09. The first-order chi connectivity index (χ1) is 14.1. The standard InChI is InChI=1S/C22H24N4O3/c1-14-9-20(25-13-24-14)26-12-17(29-2)10-16(26)11-23-22(28)18-7-3-5-15-6-4-8-19(27)21(15)18/h3-9,13,16-17,27H,10-12H2,1-2H3,(H,23,28)/t16-,17-/m0/s1. The Bertz CT molecular complexity index is 1030. The number of anilines is 1. The first-order valence-electron chi connectivity index (χ1n) is 9.64. The quantitative estimate of drug-likeness (QED) is 0.694. The van der Waals surface area contributed by atoms with Crippen LogP contribution in [-0.2, 0) is 4.74 Å². The van der Waals surface area contributed by atoms with Crippen molar-refractivity contribution in [3.63, 3.8) is 0 Å². The topological polar surface area (TPSA) is 87.6 Å². The monoisotopic (exact) mass is 392 g/mol. The number of fused-ring (bicyclic) bond motifs is 1. The zero-order valence-corrected chi connectivity index (χ0v) is 16.5. The number of carbonyl (C=O) groups excluding carboxylic acids is 1. The molecular formula is C22H24N4O3. The van der Waals surface area contributed by atoms with Gasteiger partial charge < -0.3 is 20.1 Å². The van der Waals surface area contributed by atoms with Crippen molar-refractivity contribution in [2.45, 2.75) is 25.5 Å². The molecule has 0 radical (unpaired) electrons. The molecule has 1 aromatic heterocycles. The van der Waals surface area contributed by atoms with Crippen molar-refractivity contribution in [3.05, 3.63) is 60.0 Å². The lowest BCUT2D eigenvalue weighted by Gasteiger charge is -2.25. The number of aromatic hydroxyl groups is 1. The number of aryl methyl sites for hydroxylation is 1. The van der Waals surface area contributed by atoms with E-state index in [1.165, 1.54) is 0 Å². The van der Waals surface area contributed by atoms with E-state index >= 15 is 0 Å². The van der Waals surface area contributed by atoms with Gasteiger partial charge in [-0.05, 0) is 30.9 Å². The number of carbonyl (C=O) groups is 1. The van der Waals surface area contributed by atoms with E-state index in [9.17, 15) is 9.90 Å². The number of methoxy groups -OCH3 is 1. The number of nitrogens with one attached hydrogen (secondary N) is 1. The van der Waals surface area contributed by atoms with E-state index in [1.807, 2.05) is 31.2 Å². The van der Waals surface area contributed by atoms with Crippen LogP contribution in [0.5, 0.6) is 5.75 Å². The molecule has 0 aliphatic carbocycles. The lowest BCUT2D eigenvalue weighted by Crippen LogP contribution is -2.40. The van der Waals surface area contributed by atoms with Crippen LogP contribution >= 0.6 is 0 Å². The number of benzene rings is 2. The highest BCUT2D eigenvalue weighted by atomic mass is 16.5. The van der Waals surface area contributed by atoms with E-state index in [2.05, 4.69) is 20.2 Å². The Balaban J connectivity index is 1.54. The van der Waals surface area contributed by atoms with Crippen molar-refractivity contribution in [1.29, 1.82) is 0 Å². The molecular weight excluding hydrogens is 368 g/mol. The highest BCUT2D eigenvalue weighted by Gasteiger charge is 2.33. The first kappa shape index (κ1) is 19.1. The number of ether oxygens (including phenoxy) is 1. The molecule has 0 spiro atoms. The van der Waals surface area contributed by atoms with Crippen LogP contribution in [0.1, 0.15) is 22.5 Å². The molecule has 2 heterocycles. The zero-order valence-electron chi connectivity index (χ0n) is 16.5. The number of phenolic OH excluding ortho intramolecular Hbond substituents is 1. The fourth-order valence-corrected chi connectivity index (χ4v) is 3.93. The van der Waals surface area contributed by atoms with Gasteiger partial charge in [-0.2, -0.15) is 0 Å². The molecule has 7 nitrogen and oxygen atoms in total. The van der Waals surface area contributed by atoms with E-state index in [1.54, 1.807) is 31.6 Å². The molecule has 1 aliphatic rings. The highest BCUT2D eigenvalue weighted by Crippen LogP contribution is 2.28. The number of nitrogens with zero attached hydrogens (tertiary/aromatic N) is 3. The van der Waals surface area contributed by atoms with Crippen LogP contribution in [0.4, 0.5) is 5.82 Å². The number of hydrogen-bond donors (Lipinski definition) is 2. The molecule has 2 atom stereocenters. The lowest BCUT2D eigenvalue weighted by atomic mass is 10.0. The molecule has 2 aromatic carbocycles. The average Bonchev–Trinajstić information content (AvgIpc) is 3.15. The summed E-state index contributed by atoms with van der Waals surface area (Å²) in [7, 11) is 1.70. The number of hydrogen-bond acceptors (Lipinski definition) is 6. The van der Waals surface area contributed by atoms with Gasteiger partial charge in [-0.25, -0.2) is 9.97 Å². The second-order valence-corrected chi connectivity index (χ2v) is 7.31. The van der Waals surface area contributed by atoms with E-state index in [0.29, 0.717) is 24.0 Å². The molecule has 0 unspecified atom stereocenters. The molecule has 1 aliphatic heterocycles. The Morgan fingerprint density at radius 1 is 1.28 bits per heavy atom. The van der Waals surface area contributed by atoms with Crippen LogP contribution in [0.15, 0.2) is 48.8 Å². The van der Waals surface area contributed by atoms with Gasteiger partial charge in [-0.15, -0.1) is 0 Å². The molecule has 0 saturated carbocycles. The van der Waals surface area contributed by atoms with Gasteiger partial charge in [-0.3, -0.25) is 4.79 Å². The van der Waals surface area contributed by atoms with Gasteiger partial charge in [0, 0.05) is 37.3 Å². The number of amides is 1. The zero-order chi connectivity index (χ0) is 20.4. The van der Waals surface area contributed by atoms with Crippen molar-refractivity contribution in [2.75, 3.05) is 25.1 Å². The lowest BCUT2D eigenvalue weighted by molar-refractivity contribution is 0.0947. The molecule has 0 bridgehead atoms. The predicted octanol–water partition coefficient (Wildman–Crippen LogP) is 2.67. The van der Waals surface area contributed by atoms with Crippen LogP contribution in [-0.4, -0.2) is 53.3 Å². The molecule has 1 amide bonds. The van der Waals surface area contributed by atoms with Crippen LogP contribution in [0.3, 0.4) is 0 Å². The largest absolute Gasteiger partial charge is 0.507 e. The summed E-state index contributed by atoms with van der Waals surface area (Å²) in [5, 5.41) is 14.7. The molecule has 4 rings (SSSR count). The third kappa shape index (κ3) is 3.86. The van der Waals surface area contributed by atoms with Gasteiger partial charge in [0.15, 0.2) is 0 Å². The normalized spacial score (nSPS) is 18.9. The van der Waals surface area contributed by atoms with E-state index in [4.69, 9.17) is 4.74 Å². The fourth-order valence-electron chi connectivity index (χ4n) is 3.93. The van der Waals surface area contributed by atoms with Crippen LogP contribution < -0.4 is 10.2 Å².